The number of H-pyrrole nitrogens is 1. The van der Waals surface area contributed by atoms with Gasteiger partial charge >= 0.3 is 18.5 Å². The zero-order valence-corrected chi connectivity index (χ0v) is 48.5. The summed E-state index contributed by atoms with van der Waals surface area (Å²) in [5, 5.41) is 77.2. The summed E-state index contributed by atoms with van der Waals surface area (Å²) in [6.45, 7) is 6.30. The van der Waals surface area contributed by atoms with E-state index in [4.69, 9.17) is 43.0 Å². The van der Waals surface area contributed by atoms with Crippen molar-refractivity contribution in [3.63, 3.8) is 0 Å². The molecule has 0 amide bonds. The molecule has 12 atom stereocenters. The lowest BCUT2D eigenvalue weighted by Crippen LogP contribution is -2.50. The van der Waals surface area contributed by atoms with Crippen molar-refractivity contribution in [1.29, 1.82) is 0 Å². The summed E-state index contributed by atoms with van der Waals surface area (Å²) < 4.78 is 21.8. The second kappa shape index (κ2) is 37.3. The number of aliphatic hydroxyl groups excluding tert-OH is 6. The van der Waals surface area contributed by atoms with Crippen molar-refractivity contribution in [1.82, 2.24) is 69.4 Å². The maximum Gasteiger partial charge on any atom is 0.373 e. The number of halogens is 1. The number of nitrogens with one attached hydrogen (secondary N) is 1. The van der Waals surface area contributed by atoms with Gasteiger partial charge in [0, 0.05) is 36.5 Å². The van der Waals surface area contributed by atoms with E-state index in [1.165, 1.54) is 28.3 Å². The number of fused-ring (bicyclic) bond motifs is 3. The highest BCUT2D eigenvalue weighted by Gasteiger charge is 2.47. The molecule has 38 heteroatoms. The Bertz CT molecular complexity index is 2790. The second-order valence-corrected chi connectivity index (χ2v) is 20.1. The molecule has 3 saturated heterocycles. The van der Waals surface area contributed by atoms with E-state index in [0.29, 0.717) is 45.3 Å². The van der Waals surface area contributed by atoms with Crippen molar-refractivity contribution in [2.45, 2.75) is 107 Å². The van der Waals surface area contributed by atoms with Gasteiger partial charge in [0.15, 0.2) is 46.7 Å². The summed E-state index contributed by atoms with van der Waals surface area (Å²) >= 11 is 6.86. The van der Waals surface area contributed by atoms with Gasteiger partial charge in [-0.3, -0.25) is 9.36 Å². The van der Waals surface area contributed by atoms with Crippen LogP contribution in [-0.4, -0.2) is 228 Å². The molecule has 6 aromatic rings. The van der Waals surface area contributed by atoms with Crippen LogP contribution in [-0.2, 0) is 43.0 Å². The van der Waals surface area contributed by atoms with Gasteiger partial charge in [0.25, 0.3) is 5.56 Å². The van der Waals surface area contributed by atoms with Gasteiger partial charge in [0.1, 0.15) is 54.8 Å². The largest absolute Gasteiger partial charge is 0.387 e. The number of aromatic amines is 1. The maximum absolute atomic E-state index is 11.6. The lowest BCUT2D eigenvalue weighted by molar-refractivity contribution is -0.367. The quantitative estimate of drug-likeness (QED) is 0.0217. The summed E-state index contributed by atoms with van der Waals surface area (Å²) in [4.78, 5) is 87.7. The first kappa shape index (κ1) is 69.4. The van der Waals surface area contributed by atoms with Crippen molar-refractivity contribution in [2.24, 2.45) is 0 Å². The van der Waals surface area contributed by atoms with Gasteiger partial charge < -0.3 is 67.0 Å². The van der Waals surface area contributed by atoms with Crippen molar-refractivity contribution in [3.8, 4) is 0 Å². The number of quaternary nitrogens is 3. The fourth-order valence-electron chi connectivity index (χ4n) is 7.59. The van der Waals surface area contributed by atoms with Crippen LogP contribution in [0.2, 0.25) is 0 Å². The number of nitrogens with zero attached hydrogens (tertiary/aromatic N) is 13. The minimum absolute atomic E-state index is 0.0612. The molecule has 6 aromatic heterocycles. The van der Waals surface area contributed by atoms with Crippen molar-refractivity contribution in [3.05, 3.63) is 47.1 Å². The number of aryl methyl sites for hydroxylation is 2. The lowest BCUT2D eigenvalue weighted by Gasteiger charge is -2.16. The molecule has 33 nitrogen and oxygen atoms in total. The van der Waals surface area contributed by atoms with Gasteiger partial charge in [-0.1, -0.05) is 10.4 Å². The maximum atomic E-state index is 11.6. The molecule has 9 heterocycles. The van der Waals surface area contributed by atoms with Crippen LogP contribution in [0.1, 0.15) is 49.3 Å². The minimum atomic E-state index is -1.17. The third kappa shape index (κ3) is 18.8. The zero-order valence-electron chi connectivity index (χ0n) is 43.0. The van der Waals surface area contributed by atoms with Crippen LogP contribution in [0.15, 0.2) is 30.1 Å². The number of hydrogen-bond acceptors (Lipinski definition) is 30. The summed E-state index contributed by atoms with van der Waals surface area (Å²) in [7, 11) is 3.50. The van der Waals surface area contributed by atoms with E-state index >= 15 is 0 Å². The van der Waals surface area contributed by atoms with E-state index in [9.17, 15) is 35.4 Å². The average Bonchev–Trinajstić information content (AvgIpc) is 4.40. The number of carbonyl (C=O) groups excluding carboxylic acids is 6. The SMILES string of the molecule is Cc1ncnc2c1ncn2[C@@H]1O[C@H](CSCCC[NH3+])[C@@H](O)[C@H]1O.Cc1ncnc2c1nnn2[C@@H]1O[C@H](CSCCC[NH3+])[C@@H](O)[C@H]1O.O=C=O.O=C=O.O=C=O.SI.[NH3+]CCCSC[C@H]1O[C@@H](n2nnc3c(=O)[nH]cnc32)[C@H](O)[C@@H]1O. The fraction of sp³-hybridized carbons (Fsp3) is 0.619. The number of imidazole rings is 1. The Hall–Kier alpha value is -4.90. The van der Waals surface area contributed by atoms with Crippen LogP contribution in [0.4, 0.5) is 0 Å². The van der Waals surface area contributed by atoms with Gasteiger partial charge in [-0.05, 0) is 52.3 Å². The van der Waals surface area contributed by atoms with E-state index in [1.54, 1.807) is 46.2 Å². The molecule has 0 spiro atoms. The van der Waals surface area contributed by atoms with Gasteiger partial charge in [-0.15, -0.1) is 20.0 Å². The lowest BCUT2D eigenvalue weighted by atomic mass is 10.1. The Labute approximate surface area is 483 Å². The highest BCUT2D eigenvalue weighted by molar-refractivity contribution is 14.2. The molecule has 3 aliphatic rings. The van der Waals surface area contributed by atoms with Gasteiger partial charge in [-0.25, -0.2) is 29.9 Å². The average molecular weight is 1320 g/mol. The third-order valence-corrected chi connectivity index (χ3v) is 14.9. The Morgan fingerprint density at radius 3 is 1.38 bits per heavy atom. The molecule has 9 rings (SSSR count). The molecular weight excluding hydrogens is 1250 g/mol. The van der Waals surface area contributed by atoms with E-state index < -0.39 is 79.2 Å². The molecule has 0 aliphatic carbocycles. The predicted molar refractivity (Wildman–Crippen MR) is 289 cm³/mol. The molecule has 16 N–H and O–H groups in total. The third-order valence-electron chi connectivity index (χ3n) is 11.5. The first-order valence-corrected chi connectivity index (χ1v) is 30.6. The monoisotopic (exact) mass is 1320 g/mol. The van der Waals surface area contributed by atoms with Crippen LogP contribution in [0.25, 0.3) is 33.5 Å². The standard InChI is InChI=1S/C14H21N5O3S.C13H20N6O3S.C12H18N6O4S.3CO2.HIS/c1-8-10-13(17-6-16-8)19(7-18-10)14-12(21)11(20)9(22-14)5-23-4-2-3-15;1-7-9-12(16-6-15-7)19(18-17-9)13-11(21)10(20)8(22-13)5-23-4-2-3-14;13-2-1-3-23-4-6-8(19)9(20)12(22-6)18-10-7(16-17-18)11(21)15-5-14-10;3*2-1-3;1-2/h6-7,9,11-12,14,20-21H,2-5,15H2,1H3;6,8,10-11,13,20-21H,2-5,14H2,1H3;5-6,8-9,12,19-20H,1-4,13H2,(H,14,15,21);;;;2H/p+3/t9-,11-,12-,14-;8-,10-,11-,13-;6-,8-,9-,12-;;;;/m111..../s1. The number of ether oxygens (including phenoxy) is 3. The van der Waals surface area contributed by atoms with Gasteiger partial charge in [0.2, 0.25) is 0 Å². The Morgan fingerprint density at radius 1 is 0.562 bits per heavy atom. The topological polar surface area (TPSA) is 511 Å². The zero-order chi connectivity index (χ0) is 59.3. The summed E-state index contributed by atoms with van der Waals surface area (Å²) in [5.74, 6) is 4.63. The van der Waals surface area contributed by atoms with Crippen LogP contribution in [0.3, 0.4) is 0 Å². The van der Waals surface area contributed by atoms with Crippen molar-refractivity contribution >= 4 is 118 Å². The Morgan fingerprint density at radius 2 is 0.938 bits per heavy atom. The molecule has 3 fully saturated rings. The number of thioether (sulfide) groups is 3. The van der Waals surface area contributed by atoms with Crippen LogP contribution < -0.4 is 22.8 Å². The fourth-order valence-corrected chi connectivity index (χ4v) is 10.8. The van der Waals surface area contributed by atoms with E-state index in [2.05, 4.69) is 82.5 Å². The van der Waals surface area contributed by atoms with Crippen LogP contribution in [0.5, 0.6) is 0 Å². The van der Waals surface area contributed by atoms with E-state index in [-0.39, 0.29) is 29.6 Å². The van der Waals surface area contributed by atoms with Gasteiger partial charge in [0.05, 0.1) is 62.0 Å². The normalized spacial score (nSPS) is 24.4. The molecular formula is C42H63IN17O16S4+3. The molecule has 80 heavy (non-hydrogen) atoms. The molecule has 0 saturated carbocycles. The number of aliphatic hydroxyl groups is 6. The predicted octanol–water partition coefficient (Wildman–Crippen LogP) is -5.35. The number of thiol groups is 1. The first-order chi connectivity index (χ1) is 38.6. The van der Waals surface area contributed by atoms with Crippen LogP contribution in [0, 0.1) is 13.8 Å². The smallest absolute Gasteiger partial charge is 0.373 e. The minimum Gasteiger partial charge on any atom is -0.387 e. The molecule has 0 unspecified atom stereocenters. The Balaban J connectivity index is 0.000000288. The molecule has 0 radical (unpaired) electrons. The molecule has 3 aliphatic heterocycles. The summed E-state index contributed by atoms with van der Waals surface area (Å²) in [5.41, 5.74) is 15.0. The highest BCUT2D eigenvalue weighted by Crippen LogP contribution is 2.35. The van der Waals surface area contributed by atoms with Gasteiger partial charge in [-0.2, -0.15) is 73.4 Å². The molecule has 440 valence electrons. The van der Waals surface area contributed by atoms with Crippen LogP contribution >= 0.6 is 66.3 Å². The van der Waals surface area contributed by atoms with Crippen molar-refractivity contribution in [2.75, 3.05) is 54.2 Å². The summed E-state index contributed by atoms with van der Waals surface area (Å²) in [6, 6.07) is 0. The molecule has 0 bridgehead atoms. The number of aromatic nitrogens is 14. The van der Waals surface area contributed by atoms with E-state index in [1.807, 2.05) is 35.1 Å². The number of rotatable bonds is 18. The van der Waals surface area contributed by atoms with E-state index in [0.717, 1.165) is 61.8 Å². The highest BCUT2D eigenvalue weighted by atomic mass is 127. The Kier molecular flexibility index (Phi) is 32.3. The second-order valence-electron chi connectivity index (χ2n) is 16.6. The first-order valence-electron chi connectivity index (χ1n) is 23.9. The molecule has 0 aromatic carbocycles. The number of hydrogen-bond donors (Lipinski definition) is 11. The summed E-state index contributed by atoms with van der Waals surface area (Å²) in [6.07, 6.45) is -0.521. The van der Waals surface area contributed by atoms with Crippen molar-refractivity contribution < 1.29 is 90.8 Å².